The molecule has 0 saturated carbocycles. The zero-order chi connectivity index (χ0) is 32.8. The number of methoxy groups -OCH3 is 1. The molecule has 1 aliphatic rings. The molecule has 0 N–H and O–H groups in total. The Hall–Kier alpha value is -3.95. The van der Waals surface area contributed by atoms with E-state index in [1.165, 1.54) is 0 Å². The molecule has 0 aliphatic carbocycles. The Morgan fingerprint density at radius 3 is 1.50 bits per heavy atom. The Labute approximate surface area is 287 Å². The van der Waals surface area contributed by atoms with Gasteiger partial charge >= 0.3 is 0 Å². The summed E-state index contributed by atoms with van der Waals surface area (Å²) in [6.07, 6.45) is -1.83. The van der Waals surface area contributed by atoms with Crippen molar-refractivity contribution in [1.29, 1.82) is 0 Å². The predicted molar refractivity (Wildman–Crippen MR) is 189 cm³/mol. The van der Waals surface area contributed by atoms with E-state index < -0.39 is 24.4 Å². The van der Waals surface area contributed by atoms with Gasteiger partial charge in [0.05, 0.1) is 40.1 Å². The van der Waals surface area contributed by atoms with E-state index in [1.807, 2.05) is 97.1 Å². The monoisotopic (exact) mass is 662 g/mol. The van der Waals surface area contributed by atoms with E-state index in [9.17, 15) is 0 Å². The summed E-state index contributed by atoms with van der Waals surface area (Å²) in [4.78, 5) is 1.08. The summed E-state index contributed by atoms with van der Waals surface area (Å²) in [5.74, 6) is 0.799. The zero-order valence-electron chi connectivity index (χ0n) is 27.1. The third kappa shape index (κ3) is 9.80. The summed E-state index contributed by atoms with van der Waals surface area (Å²) >= 11 is 1.63. The van der Waals surface area contributed by atoms with Gasteiger partial charge in [0.1, 0.15) is 35.6 Å². The fourth-order valence-corrected chi connectivity index (χ4v) is 6.77. The second kappa shape index (κ2) is 18.0. The van der Waals surface area contributed by atoms with Gasteiger partial charge in [-0.2, -0.15) is 0 Å². The van der Waals surface area contributed by atoms with E-state index >= 15 is 0 Å². The first kappa shape index (κ1) is 33.9. The van der Waals surface area contributed by atoms with Crippen LogP contribution in [0.15, 0.2) is 150 Å². The molecule has 0 amide bonds. The lowest BCUT2D eigenvalue weighted by atomic mass is 9.98. The first-order valence-corrected chi connectivity index (χ1v) is 17.2. The lowest BCUT2D eigenvalue weighted by molar-refractivity contribution is -0.254. The average Bonchev–Trinajstić information content (AvgIpc) is 3.15. The normalized spacial score (nSPS) is 20.7. The van der Waals surface area contributed by atoms with Crippen molar-refractivity contribution >= 4 is 11.8 Å². The molecule has 48 heavy (non-hydrogen) atoms. The summed E-state index contributed by atoms with van der Waals surface area (Å²) in [5.41, 5.74) is 3.87. The molecule has 7 heteroatoms. The number of hydrogen-bond acceptors (Lipinski definition) is 7. The van der Waals surface area contributed by atoms with Crippen LogP contribution in [0.3, 0.4) is 0 Å². The molecule has 0 radical (unpaired) electrons. The summed E-state index contributed by atoms with van der Waals surface area (Å²) in [6, 6.07) is 48.8. The summed E-state index contributed by atoms with van der Waals surface area (Å²) in [7, 11) is 1.67. The van der Waals surface area contributed by atoms with Gasteiger partial charge in [0, 0.05) is 4.90 Å². The second-order valence-corrected chi connectivity index (χ2v) is 12.8. The average molecular weight is 663 g/mol. The minimum atomic E-state index is -0.479. The highest BCUT2D eigenvalue weighted by atomic mass is 32.2. The van der Waals surface area contributed by atoms with Crippen LogP contribution in [-0.2, 0) is 50.1 Å². The first-order valence-electron chi connectivity index (χ1n) is 16.3. The first-order chi connectivity index (χ1) is 23.7. The van der Waals surface area contributed by atoms with Gasteiger partial charge < -0.3 is 28.4 Å². The molecule has 1 saturated heterocycles. The number of benzene rings is 5. The number of rotatable bonds is 16. The van der Waals surface area contributed by atoms with Crippen molar-refractivity contribution < 1.29 is 28.4 Å². The smallest absolute Gasteiger partial charge is 0.137 e. The van der Waals surface area contributed by atoms with E-state index in [0.29, 0.717) is 33.0 Å². The van der Waals surface area contributed by atoms with E-state index in [1.54, 1.807) is 18.9 Å². The van der Waals surface area contributed by atoms with E-state index in [-0.39, 0.29) is 5.44 Å². The van der Waals surface area contributed by atoms with Crippen molar-refractivity contribution in [3.05, 3.63) is 168 Å². The van der Waals surface area contributed by atoms with Gasteiger partial charge in [0.2, 0.25) is 0 Å². The minimum absolute atomic E-state index is 0.327. The van der Waals surface area contributed by atoms with Gasteiger partial charge in [-0.05, 0) is 46.5 Å². The standard InChI is InChI=1S/C41H42O6S/c1-42-35-24-22-34(23-25-35)29-45-39-38(44-27-32-16-8-3-9-17-32)37(30-43-26-31-14-6-2-7-15-31)47-41(48-36-20-12-5-13-21-36)40(39)46-28-33-18-10-4-11-19-33/h2-25,37-41H,26-30H2,1H3/t37-,38-,39+,40+,41-/m1/s1. The van der Waals surface area contributed by atoms with Crippen molar-refractivity contribution in [2.75, 3.05) is 13.7 Å². The van der Waals surface area contributed by atoms with Gasteiger partial charge in [0.15, 0.2) is 0 Å². The molecule has 5 aromatic rings. The molecule has 5 atom stereocenters. The van der Waals surface area contributed by atoms with Gasteiger partial charge in [-0.15, -0.1) is 0 Å². The third-order valence-corrected chi connectivity index (χ3v) is 9.31. The molecule has 0 bridgehead atoms. The van der Waals surface area contributed by atoms with Crippen LogP contribution in [0.5, 0.6) is 5.75 Å². The third-order valence-electron chi connectivity index (χ3n) is 8.15. The highest BCUT2D eigenvalue weighted by Crippen LogP contribution is 2.38. The summed E-state index contributed by atoms with van der Waals surface area (Å²) < 4.78 is 39.1. The van der Waals surface area contributed by atoms with Crippen molar-refractivity contribution in [2.24, 2.45) is 0 Å². The van der Waals surface area contributed by atoms with Crippen LogP contribution in [0.25, 0.3) is 0 Å². The summed E-state index contributed by atoms with van der Waals surface area (Å²) in [6.45, 7) is 1.96. The Morgan fingerprint density at radius 1 is 0.500 bits per heavy atom. The van der Waals surface area contributed by atoms with Crippen LogP contribution < -0.4 is 4.74 Å². The van der Waals surface area contributed by atoms with Crippen LogP contribution in [0, 0.1) is 0 Å². The Bertz CT molecular complexity index is 1610. The summed E-state index contributed by atoms with van der Waals surface area (Å²) in [5, 5.41) is 0. The maximum atomic E-state index is 6.93. The Morgan fingerprint density at radius 2 is 0.958 bits per heavy atom. The van der Waals surface area contributed by atoms with Crippen LogP contribution in [0.2, 0.25) is 0 Å². The fourth-order valence-electron chi connectivity index (χ4n) is 5.62. The van der Waals surface area contributed by atoms with Crippen LogP contribution in [0.4, 0.5) is 0 Å². The number of thioether (sulfide) groups is 1. The maximum absolute atomic E-state index is 6.93. The highest BCUT2D eigenvalue weighted by molar-refractivity contribution is 7.99. The Balaban J connectivity index is 1.31. The molecule has 1 heterocycles. The second-order valence-electron chi connectivity index (χ2n) is 11.6. The van der Waals surface area contributed by atoms with Crippen LogP contribution >= 0.6 is 11.8 Å². The van der Waals surface area contributed by atoms with Crippen molar-refractivity contribution in [3.63, 3.8) is 0 Å². The predicted octanol–water partition coefficient (Wildman–Crippen LogP) is 8.49. The van der Waals surface area contributed by atoms with Gasteiger partial charge in [-0.3, -0.25) is 0 Å². The largest absolute Gasteiger partial charge is 0.497 e. The molecule has 0 aromatic heterocycles. The molecule has 1 fully saturated rings. The molecule has 6 rings (SSSR count). The van der Waals surface area contributed by atoms with Crippen LogP contribution in [-0.4, -0.2) is 43.6 Å². The van der Waals surface area contributed by atoms with E-state index in [4.69, 9.17) is 28.4 Å². The zero-order valence-corrected chi connectivity index (χ0v) is 28.0. The SMILES string of the molecule is COc1ccc(CO[C@@H]2[C@H](OCc3ccccc3)[C@@H](Sc3ccccc3)O[C@H](COCc3ccccc3)[C@H]2OCc2ccccc2)cc1. The quantitative estimate of drug-likeness (QED) is 0.105. The molecule has 1 aliphatic heterocycles. The minimum Gasteiger partial charge on any atom is -0.497 e. The van der Waals surface area contributed by atoms with E-state index in [2.05, 4.69) is 48.5 Å². The molecule has 0 unspecified atom stereocenters. The highest BCUT2D eigenvalue weighted by Gasteiger charge is 2.49. The Kier molecular flexibility index (Phi) is 12.7. The van der Waals surface area contributed by atoms with Crippen molar-refractivity contribution in [2.45, 2.75) is 61.2 Å². The van der Waals surface area contributed by atoms with Crippen molar-refractivity contribution in [3.8, 4) is 5.75 Å². The molecule has 6 nitrogen and oxygen atoms in total. The van der Waals surface area contributed by atoms with Crippen molar-refractivity contribution in [1.82, 2.24) is 0 Å². The van der Waals surface area contributed by atoms with Crippen LogP contribution in [0.1, 0.15) is 22.3 Å². The lowest BCUT2D eigenvalue weighted by Crippen LogP contribution is -2.60. The maximum Gasteiger partial charge on any atom is 0.137 e. The lowest BCUT2D eigenvalue weighted by Gasteiger charge is -2.46. The number of ether oxygens (including phenoxy) is 6. The van der Waals surface area contributed by atoms with E-state index in [0.717, 1.165) is 32.9 Å². The molecule has 248 valence electrons. The van der Waals surface area contributed by atoms with Gasteiger partial charge in [-0.25, -0.2) is 0 Å². The van der Waals surface area contributed by atoms with Gasteiger partial charge in [-0.1, -0.05) is 133 Å². The molecule has 5 aromatic carbocycles. The molecule has 0 spiro atoms. The fraction of sp³-hybridized carbons (Fsp3) is 0.268. The topological polar surface area (TPSA) is 55.4 Å². The van der Waals surface area contributed by atoms with Gasteiger partial charge in [0.25, 0.3) is 0 Å². The molecular weight excluding hydrogens is 621 g/mol. The number of hydrogen-bond donors (Lipinski definition) is 0. The molecular formula is C41H42O6S.